The van der Waals surface area contributed by atoms with E-state index in [-0.39, 0.29) is 10.8 Å². The van der Waals surface area contributed by atoms with Crippen LogP contribution in [0.15, 0.2) is 6.07 Å². The Kier molecular flexibility index (Phi) is 3.79. The lowest BCUT2D eigenvalue weighted by Crippen LogP contribution is -2.48. The Hall–Kier alpha value is -1.36. The van der Waals surface area contributed by atoms with Crippen molar-refractivity contribution in [2.45, 2.75) is 52.0 Å². The van der Waals surface area contributed by atoms with Crippen molar-refractivity contribution in [1.29, 1.82) is 0 Å². The number of amides is 1. The number of hydrogen-bond donors (Lipinski definition) is 1. The molecule has 0 bridgehead atoms. The van der Waals surface area contributed by atoms with Crippen LogP contribution in [0.1, 0.15) is 51.4 Å². The number of hydrogen-bond acceptors (Lipinski definition) is 3. The van der Waals surface area contributed by atoms with Gasteiger partial charge in [-0.15, -0.1) is 0 Å². The summed E-state index contributed by atoms with van der Waals surface area (Å²) in [6.07, 6.45) is 3.17. The van der Waals surface area contributed by atoms with Crippen LogP contribution in [0.3, 0.4) is 0 Å². The Balaban J connectivity index is 1.66. The van der Waals surface area contributed by atoms with Crippen LogP contribution in [0.4, 0.5) is 0 Å². The summed E-state index contributed by atoms with van der Waals surface area (Å²) in [5, 5.41) is 7.60. The summed E-state index contributed by atoms with van der Waals surface area (Å²) in [6.45, 7) is 10.2. The van der Waals surface area contributed by atoms with Crippen molar-refractivity contribution in [2.24, 2.45) is 5.41 Å². The van der Waals surface area contributed by atoms with E-state index >= 15 is 0 Å². The maximum Gasteiger partial charge on any atom is 0.229 e. The van der Waals surface area contributed by atoms with E-state index in [0.29, 0.717) is 5.91 Å². The van der Waals surface area contributed by atoms with E-state index in [0.717, 1.165) is 56.8 Å². The maximum absolute atomic E-state index is 12.6. The van der Waals surface area contributed by atoms with E-state index in [1.165, 1.54) is 0 Å². The molecule has 0 radical (unpaired) electrons. The van der Waals surface area contributed by atoms with E-state index in [4.69, 9.17) is 0 Å². The van der Waals surface area contributed by atoms with Crippen molar-refractivity contribution in [1.82, 2.24) is 20.0 Å². The first-order chi connectivity index (χ1) is 10.3. The minimum Gasteiger partial charge on any atom is -0.345 e. The van der Waals surface area contributed by atoms with Gasteiger partial charge in [0.25, 0.3) is 0 Å². The quantitative estimate of drug-likeness (QED) is 0.911. The van der Waals surface area contributed by atoms with E-state index in [1.54, 1.807) is 0 Å². The Labute approximate surface area is 133 Å². The van der Waals surface area contributed by atoms with Gasteiger partial charge in [-0.1, -0.05) is 20.8 Å². The summed E-state index contributed by atoms with van der Waals surface area (Å²) < 4.78 is 0. The third kappa shape index (κ3) is 2.78. The van der Waals surface area contributed by atoms with Gasteiger partial charge in [0.1, 0.15) is 0 Å². The first kappa shape index (κ1) is 15.5. The van der Waals surface area contributed by atoms with Gasteiger partial charge in [-0.3, -0.25) is 14.8 Å². The standard InChI is InChI=1S/C17H28N4O/c1-16(2,3)14-10-13(18-19-14)11-21-9-7-17(12-21)6-5-8-20(4)15(17)22/h10H,5-9,11-12H2,1-4H3,(H,18,19). The van der Waals surface area contributed by atoms with Gasteiger partial charge in [0.2, 0.25) is 5.91 Å². The molecule has 1 aromatic rings. The van der Waals surface area contributed by atoms with Gasteiger partial charge in [-0.2, -0.15) is 5.10 Å². The second-order valence-electron chi connectivity index (χ2n) is 8.10. The molecule has 1 unspecified atom stereocenters. The molecule has 5 heteroatoms. The number of likely N-dealkylation sites (tertiary alicyclic amines) is 2. The fourth-order valence-corrected chi connectivity index (χ4v) is 3.81. The van der Waals surface area contributed by atoms with Crippen LogP contribution in [0.25, 0.3) is 0 Å². The smallest absolute Gasteiger partial charge is 0.229 e. The van der Waals surface area contributed by atoms with Crippen molar-refractivity contribution >= 4 is 5.91 Å². The molecule has 2 fully saturated rings. The van der Waals surface area contributed by atoms with Crippen molar-refractivity contribution in [3.8, 4) is 0 Å². The lowest BCUT2D eigenvalue weighted by atomic mass is 9.78. The zero-order valence-electron chi connectivity index (χ0n) is 14.3. The van der Waals surface area contributed by atoms with Crippen LogP contribution < -0.4 is 0 Å². The summed E-state index contributed by atoms with van der Waals surface area (Å²) in [7, 11) is 1.94. The first-order valence-electron chi connectivity index (χ1n) is 8.33. The largest absolute Gasteiger partial charge is 0.345 e. The van der Waals surface area contributed by atoms with Gasteiger partial charge < -0.3 is 4.90 Å². The molecule has 3 heterocycles. The van der Waals surface area contributed by atoms with Crippen molar-refractivity contribution in [3.63, 3.8) is 0 Å². The van der Waals surface area contributed by atoms with Gasteiger partial charge in [-0.25, -0.2) is 0 Å². The summed E-state index contributed by atoms with van der Waals surface area (Å²) in [4.78, 5) is 16.9. The molecule has 0 aliphatic carbocycles. The highest BCUT2D eigenvalue weighted by atomic mass is 16.2. The van der Waals surface area contributed by atoms with Crippen molar-refractivity contribution in [2.75, 3.05) is 26.7 Å². The summed E-state index contributed by atoms with van der Waals surface area (Å²) in [5.74, 6) is 0.348. The predicted octanol–water partition coefficient (Wildman–Crippen LogP) is 2.15. The molecule has 3 rings (SSSR count). The summed E-state index contributed by atoms with van der Waals surface area (Å²) in [6, 6.07) is 2.17. The molecule has 5 nitrogen and oxygen atoms in total. The lowest BCUT2D eigenvalue weighted by Gasteiger charge is -2.37. The average Bonchev–Trinajstić information content (AvgIpc) is 3.04. The minimum atomic E-state index is -0.125. The number of aromatic amines is 1. The molecule has 1 spiro atoms. The maximum atomic E-state index is 12.6. The van der Waals surface area contributed by atoms with Crippen molar-refractivity contribution in [3.05, 3.63) is 17.5 Å². The molecule has 2 saturated heterocycles. The van der Waals surface area contributed by atoms with Crippen LogP contribution in [0, 0.1) is 5.41 Å². The molecule has 22 heavy (non-hydrogen) atoms. The molecular formula is C17H28N4O. The fraction of sp³-hybridized carbons (Fsp3) is 0.765. The molecule has 1 N–H and O–H groups in total. The van der Waals surface area contributed by atoms with Crippen LogP contribution >= 0.6 is 0 Å². The van der Waals surface area contributed by atoms with Crippen LogP contribution in [0.5, 0.6) is 0 Å². The number of H-pyrrole nitrogens is 1. The van der Waals surface area contributed by atoms with E-state index in [9.17, 15) is 4.79 Å². The van der Waals surface area contributed by atoms with Gasteiger partial charge >= 0.3 is 0 Å². The molecule has 2 aliphatic heterocycles. The van der Waals surface area contributed by atoms with E-state index < -0.39 is 0 Å². The first-order valence-corrected chi connectivity index (χ1v) is 8.33. The Morgan fingerprint density at radius 2 is 2.09 bits per heavy atom. The Morgan fingerprint density at radius 1 is 1.32 bits per heavy atom. The molecule has 122 valence electrons. The third-order valence-corrected chi connectivity index (χ3v) is 5.18. The highest BCUT2D eigenvalue weighted by Crippen LogP contribution is 2.40. The highest BCUT2D eigenvalue weighted by Gasteiger charge is 2.47. The topological polar surface area (TPSA) is 52.2 Å². The number of nitrogens with one attached hydrogen (secondary N) is 1. The molecule has 1 amide bonds. The summed E-state index contributed by atoms with van der Waals surface area (Å²) in [5.41, 5.74) is 2.20. The lowest BCUT2D eigenvalue weighted by molar-refractivity contribution is -0.143. The number of rotatable bonds is 2. The third-order valence-electron chi connectivity index (χ3n) is 5.18. The molecule has 1 atom stereocenters. The van der Waals surface area contributed by atoms with Gasteiger partial charge in [0.05, 0.1) is 11.1 Å². The molecular weight excluding hydrogens is 276 g/mol. The van der Waals surface area contributed by atoms with Crippen molar-refractivity contribution < 1.29 is 4.79 Å². The zero-order chi connectivity index (χ0) is 16.0. The number of carbonyl (C=O) groups is 1. The number of nitrogens with zero attached hydrogens (tertiary/aromatic N) is 3. The molecule has 1 aromatic heterocycles. The highest BCUT2D eigenvalue weighted by molar-refractivity contribution is 5.83. The number of carbonyl (C=O) groups excluding carboxylic acids is 1. The number of aromatic nitrogens is 2. The molecule has 0 saturated carbocycles. The second-order valence-corrected chi connectivity index (χ2v) is 8.10. The SMILES string of the molecule is CN1CCCC2(CCN(Cc3cc(C(C)(C)C)n[nH]3)C2)C1=O. The normalized spacial score (nSPS) is 27.1. The molecule has 0 aromatic carbocycles. The average molecular weight is 304 g/mol. The Bertz CT molecular complexity index is 559. The Morgan fingerprint density at radius 3 is 2.77 bits per heavy atom. The van der Waals surface area contributed by atoms with E-state index in [1.807, 2.05) is 11.9 Å². The second kappa shape index (κ2) is 5.37. The summed E-state index contributed by atoms with van der Waals surface area (Å²) >= 11 is 0. The van der Waals surface area contributed by atoms with Gasteiger partial charge in [0.15, 0.2) is 0 Å². The fourth-order valence-electron chi connectivity index (χ4n) is 3.81. The minimum absolute atomic E-state index is 0.0725. The zero-order valence-corrected chi connectivity index (χ0v) is 14.3. The predicted molar refractivity (Wildman–Crippen MR) is 86.5 cm³/mol. The number of piperidine rings is 1. The van der Waals surface area contributed by atoms with Crippen LogP contribution in [0.2, 0.25) is 0 Å². The van der Waals surface area contributed by atoms with Crippen LogP contribution in [-0.4, -0.2) is 52.6 Å². The van der Waals surface area contributed by atoms with Gasteiger partial charge in [-0.05, 0) is 31.9 Å². The molecule has 2 aliphatic rings. The van der Waals surface area contributed by atoms with Gasteiger partial charge in [0, 0.05) is 37.8 Å². The van der Waals surface area contributed by atoms with E-state index in [2.05, 4.69) is 41.9 Å². The monoisotopic (exact) mass is 304 g/mol. The van der Waals surface area contributed by atoms with Crippen LogP contribution in [-0.2, 0) is 16.8 Å².